The van der Waals surface area contributed by atoms with Crippen LogP contribution < -0.4 is 5.32 Å². The molecular formula is C30H39NO5. The summed E-state index contributed by atoms with van der Waals surface area (Å²) in [6, 6.07) is 13.5. The minimum atomic E-state index is -0.894. The van der Waals surface area contributed by atoms with Crippen molar-refractivity contribution < 1.29 is 24.2 Å². The number of carbonyl (C=O) groups is 2. The van der Waals surface area contributed by atoms with Crippen LogP contribution in [0.25, 0.3) is 11.1 Å². The van der Waals surface area contributed by atoms with Crippen molar-refractivity contribution in [1.29, 1.82) is 0 Å². The number of fused-ring (bicyclic) bond motifs is 3. The largest absolute Gasteiger partial charge is 0.459 e. The van der Waals surface area contributed by atoms with Crippen molar-refractivity contribution in [2.24, 2.45) is 0 Å². The van der Waals surface area contributed by atoms with E-state index in [1.165, 1.54) is 5.56 Å². The van der Waals surface area contributed by atoms with Crippen molar-refractivity contribution in [3.8, 4) is 11.1 Å². The van der Waals surface area contributed by atoms with Gasteiger partial charge in [0, 0.05) is 12.5 Å². The standard InChI is InChI=1S/C28H33NO5.C2H6/c1-4-9-20(5-2)17-33-27(31)26(12-8-15-30)29-28(32)34-18-25-22-11-7-6-10-21(22)24-16-19(3)13-14-23(24)25;1-2/h4-7,9-11,13-14,16,25-26,30H,8,12,15,17-18H2,1-3H3,(H,29,32);1-2H3/b9-4-,20-5+;. The van der Waals surface area contributed by atoms with E-state index in [9.17, 15) is 14.7 Å². The van der Waals surface area contributed by atoms with E-state index in [4.69, 9.17) is 9.47 Å². The molecule has 1 amide bonds. The topological polar surface area (TPSA) is 84.9 Å². The number of amides is 1. The van der Waals surface area contributed by atoms with Gasteiger partial charge in [-0.05, 0) is 61.4 Å². The van der Waals surface area contributed by atoms with Gasteiger partial charge in [0.15, 0.2) is 0 Å². The van der Waals surface area contributed by atoms with E-state index < -0.39 is 18.1 Å². The lowest BCUT2D eigenvalue weighted by molar-refractivity contribution is -0.145. The fourth-order valence-corrected chi connectivity index (χ4v) is 4.18. The number of allylic oxidation sites excluding steroid dienone is 2. The predicted molar refractivity (Wildman–Crippen MR) is 144 cm³/mol. The molecule has 2 unspecified atom stereocenters. The molecule has 0 aliphatic heterocycles. The molecule has 0 heterocycles. The van der Waals surface area contributed by atoms with Crippen LogP contribution in [0.15, 0.2) is 66.3 Å². The zero-order chi connectivity index (χ0) is 26.5. The average molecular weight is 494 g/mol. The van der Waals surface area contributed by atoms with Crippen molar-refractivity contribution in [2.75, 3.05) is 19.8 Å². The smallest absolute Gasteiger partial charge is 0.407 e. The number of ether oxygens (including phenoxy) is 2. The number of carbonyl (C=O) groups excluding carboxylic acids is 2. The number of alkyl carbamates (subject to hydrolysis) is 1. The molecule has 3 rings (SSSR count). The summed E-state index contributed by atoms with van der Waals surface area (Å²) in [5, 5.41) is 11.8. The van der Waals surface area contributed by atoms with Gasteiger partial charge in [0.05, 0.1) is 0 Å². The molecular weight excluding hydrogens is 454 g/mol. The molecule has 2 N–H and O–H groups in total. The first kappa shape index (κ1) is 28.9. The average Bonchev–Trinajstić information content (AvgIpc) is 3.21. The first-order chi connectivity index (χ1) is 17.5. The molecule has 6 nitrogen and oxygen atoms in total. The number of benzene rings is 2. The lowest BCUT2D eigenvalue weighted by atomic mass is 9.97. The van der Waals surface area contributed by atoms with E-state index in [0.717, 1.165) is 27.8 Å². The van der Waals surface area contributed by atoms with E-state index in [2.05, 4.69) is 42.6 Å². The highest BCUT2D eigenvalue weighted by molar-refractivity contribution is 5.82. The van der Waals surface area contributed by atoms with E-state index in [-0.39, 0.29) is 32.2 Å². The molecule has 0 bridgehead atoms. The lowest BCUT2D eigenvalue weighted by Crippen LogP contribution is -2.42. The van der Waals surface area contributed by atoms with Crippen LogP contribution in [-0.2, 0) is 14.3 Å². The molecule has 0 radical (unpaired) electrons. The summed E-state index contributed by atoms with van der Waals surface area (Å²) in [5.74, 6) is -0.625. The molecule has 2 aromatic rings. The van der Waals surface area contributed by atoms with E-state index >= 15 is 0 Å². The lowest BCUT2D eigenvalue weighted by Gasteiger charge is -2.19. The van der Waals surface area contributed by atoms with Crippen molar-refractivity contribution in [3.05, 3.63) is 83.0 Å². The van der Waals surface area contributed by atoms with Gasteiger partial charge in [-0.15, -0.1) is 0 Å². The summed E-state index contributed by atoms with van der Waals surface area (Å²) in [6.45, 7) is 9.99. The van der Waals surface area contributed by atoms with Gasteiger partial charge in [-0.2, -0.15) is 0 Å². The van der Waals surface area contributed by atoms with Gasteiger partial charge in [-0.1, -0.05) is 80.1 Å². The predicted octanol–water partition coefficient (Wildman–Crippen LogP) is 6.07. The summed E-state index contributed by atoms with van der Waals surface area (Å²) in [6.07, 6.45) is 5.51. The molecule has 6 heteroatoms. The second-order valence-corrected chi connectivity index (χ2v) is 8.36. The van der Waals surface area contributed by atoms with Crippen LogP contribution in [0.4, 0.5) is 4.79 Å². The van der Waals surface area contributed by atoms with Gasteiger partial charge in [0.2, 0.25) is 0 Å². The van der Waals surface area contributed by atoms with Gasteiger partial charge < -0.3 is 19.9 Å². The number of hydrogen-bond donors (Lipinski definition) is 2. The van der Waals surface area contributed by atoms with Crippen molar-refractivity contribution in [3.63, 3.8) is 0 Å². The van der Waals surface area contributed by atoms with Crippen LogP contribution in [0.1, 0.15) is 63.1 Å². The molecule has 0 saturated carbocycles. The molecule has 0 saturated heterocycles. The molecule has 1 aliphatic rings. The normalized spacial score (nSPS) is 14.8. The zero-order valence-electron chi connectivity index (χ0n) is 22.0. The molecule has 0 fully saturated rings. The summed E-state index contributed by atoms with van der Waals surface area (Å²) < 4.78 is 11.0. The number of aryl methyl sites for hydroxylation is 1. The van der Waals surface area contributed by atoms with E-state index in [0.29, 0.717) is 6.42 Å². The van der Waals surface area contributed by atoms with Crippen LogP contribution in [0.3, 0.4) is 0 Å². The van der Waals surface area contributed by atoms with Crippen LogP contribution in [-0.4, -0.2) is 43.0 Å². The van der Waals surface area contributed by atoms with Crippen LogP contribution in [0, 0.1) is 6.92 Å². The summed E-state index contributed by atoms with van der Waals surface area (Å²) in [7, 11) is 0. The highest BCUT2D eigenvalue weighted by Gasteiger charge is 2.30. The second kappa shape index (κ2) is 14.9. The molecule has 0 spiro atoms. The number of aliphatic hydroxyl groups excluding tert-OH is 1. The highest BCUT2D eigenvalue weighted by Crippen LogP contribution is 2.45. The highest BCUT2D eigenvalue weighted by atomic mass is 16.6. The fraction of sp³-hybridized carbons (Fsp3) is 0.400. The van der Waals surface area contributed by atoms with Gasteiger partial charge in [0.25, 0.3) is 0 Å². The summed E-state index contributed by atoms with van der Waals surface area (Å²) in [5.41, 5.74) is 6.59. The van der Waals surface area contributed by atoms with Gasteiger partial charge in [-0.3, -0.25) is 0 Å². The van der Waals surface area contributed by atoms with Crippen molar-refractivity contribution in [1.82, 2.24) is 5.32 Å². The Labute approximate surface area is 215 Å². The maximum atomic E-state index is 12.6. The molecule has 36 heavy (non-hydrogen) atoms. The Morgan fingerprint density at radius 3 is 2.47 bits per heavy atom. The molecule has 194 valence electrons. The number of hydrogen-bond acceptors (Lipinski definition) is 5. The Hall–Kier alpha value is -3.38. The van der Waals surface area contributed by atoms with E-state index in [1.54, 1.807) is 0 Å². The minimum Gasteiger partial charge on any atom is -0.459 e. The first-order valence-electron chi connectivity index (χ1n) is 12.7. The van der Waals surface area contributed by atoms with E-state index in [1.807, 2.05) is 58.1 Å². The Morgan fingerprint density at radius 1 is 1.06 bits per heavy atom. The minimum absolute atomic E-state index is 0.0709. The number of aliphatic hydroxyl groups is 1. The van der Waals surface area contributed by atoms with Crippen LogP contribution >= 0.6 is 0 Å². The SMILES string of the molecule is C/C=C\C(=C/C)COC(=O)C(CCCO)NC(=O)OCC1c2ccccc2-c2cc(C)ccc21.CC. The Bertz CT molecular complexity index is 1070. The third-order valence-corrected chi connectivity index (χ3v) is 5.95. The zero-order valence-corrected chi connectivity index (χ0v) is 22.0. The Morgan fingerprint density at radius 2 is 1.78 bits per heavy atom. The van der Waals surface area contributed by atoms with Gasteiger partial charge in [0.1, 0.15) is 19.3 Å². The molecule has 2 atom stereocenters. The fourth-order valence-electron chi connectivity index (χ4n) is 4.18. The van der Waals surface area contributed by atoms with Crippen molar-refractivity contribution >= 4 is 12.1 Å². The van der Waals surface area contributed by atoms with Gasteiger partial charge in [-0.25, -0.2) is 9.59 Å². The third kappa shape index (κ3) is 7.56. The maximum Gasteiger partial charge on any atom is 0.407 e. The summed E-state index contributed by atoms with van der Waals surface area (Å²) in [4.78, 5) is 25.2. The Kier molecular flexibility index (Phi) is 11.9. The van der Waals surface area contributed by atoms with Gasteiger partial charge >= 0.3 is 12.1 Å². The number of esters is 1. The number of rotatable bonds is 10. The Balaban J connectivity index is 0.00000222. The number of nitrogens with one attached hydrogen (secondary N) is 1. The maximum absolute atomic E-state index is 12.6. The van der Waals surface area contributed by atoms with Crippen molar-refractivity contribution in [2.45, 2.75) is 59.4 Å². The van der Waals surface area contributed by atoms with Crippen LogP contribution in [0.5, 0.6) is 0 Å². The third-order valence-electron chi connectivity index (χ3n) is 5.95. The first-order valence-corrected chi connectivity index (χ1v) is 12.7. The molecule has 1 aliphatic carbocycles. The monoisotopic (exact) mass is 493 g/mol. The second-order valence-electron chi connectivity index (χ2n) is 8.36. The molecule has 2 aromatic carbocycles. The molecule has 0 aromatic heterocycles. The van der Waals surface area contributed by atoms with Crippen LogP contribution in [0.2, 0.25) is 0 Å². The summed E-state index contributed by atoms with van der Waals surface area (Å²) >= 11 is 0. The quantitative estimate of drug-likeness (QED) is 0.310.